The average molecular weight is 349 g/mol. The van der Waals surface area contributed by atoms with Crippen molar-refractivity contribution in [2.24, 2.45) is 0 Å². The molecule has 1 aromatic carbocycles. The molecule has 1 aliphatic rings. The summed E-state index contributed by atoms with van der Waals surface area (Å²) in [5.74, 6) is 1.80. The fraction of sp³-hybridized carbons (Fsp3) is 0.312. The summed E-state index contributed by atoms with van der Waals surface area (Å²) < 4.78 is 36.9. The van der Waals surface area contributed by atoms with E-state index < -0.39 is 10.0 Å². The van der Waals surface area contributed by atoms with E-state index in [0.717, 1.165) is 17.1 Å². The third-order valence-electron chi connectivity index (χ3n) is 3.33. The highest BCUT2D eigenvalue weighted by atomic mass is 32.2. The second-order valence-electron chi connectivity index (χ2n) is 5.34. The number of ether oxygens (including phenoxy) is 2. The van der Waals surface area contributed by atoms with Gasteiger partial charge in [0, 0.05) is 11.8 Å². The number of fused-ring (bicyclic) bond motifs is 1. The molecule has 1 aromatic heterocycles. The van der Waals surface area contributed by atoms with Crippen LogP contribution in [0.2, 0.25) is 0 Å². The quantitative estimate of drug-likeness (QED) is 0.833. The second-order valence-corrected chi connectivity index (χ2v) is 7.18. The van der Waals surface area contributed by atoms with Crippen LogP contribution in [0, 0.1) is 0 Å². The lowest BCUT2D eigenvalue weighted by atomic mass is 10.2. The number of nitrogens with one attached hydrogen (secondary N) is 2. The first-order valence-electron chi connectivity index (χ1n) is 7.69. The van der Waals surface area contributed by atoms with Crippen molar-refractivity contribution in [3.8, 4) is 11.5 Å². The number of aromatic nitrogens is 1. The topological polar surface area (TPSA) is 89.6 Å². The largest absolute Gasteiger partial charge is 0.486 e. The van der Waals surface area contributed by atoms with Gasteiger partial charge in [-0.15, -0.1) is 0 Å². The Morgan fingerprint density at radius 2 is 1.83 bits per heavy atom. The normalized spacial score (nSPS) is 13.4. The molecule has 24 heavy (non-hydrogen) atoms. The van der Waals surface area contributed by atoms with E-state index >= 15 is 0 Å². The fourth-order valence-electron chi connectivity index (χ4n) is 2.30. The van der Waals surface area contributed by atoms with Crippen LogP contribution >= 0.6 is 0 Å². The van der Waals surface area contributed by atoms with Crippen LogP contribution < -0.4 is 19.5 Å². The van der Waals surface area contributed by atoms with Gasteiger partial charge in [0.2, 0.25) is 10.0 Å². The van der Waals surface area contributed by atoms with Gasteiger partial charge in [0.25, 0.3) is 0 Å². The average Bonchev–Trinajstić information content (AvgIpc) is 2.56. The Kier molecular flexibility index (Phi) is 4.75. The van der Waals surface area contributed by atoms with Crippen LogP contribution in [0.4, 0.5) is 17.2 Å². The molecule has 0 spiro atoms. The van der Waals surface area contributed by atoms with E-state index in [0.29, 0.717) is 31.2 Å². The Balaban J connectivity index is 1.68. The first kappa shape index (κ1) is 16.4. The minimum Gasteiger partial charge on any atom is -0.486 e. The van der Waals surface area contributed by atoms with Gasteiger partial charge < -0.3 is 14.8 Å². The zero-order valence-electron chi connectivity index (χ0n) is 13.3. The summed E-state index contributed by atoms with van der Waals surface area (Å²) in [4.78, 5) is 4.12. The lowest BCUT2D eigenvalue weighted by Crippen LogP contribution is -2.16. The van der Waals surface area contributed by atoms with E-state index in [-0.39, 0.29) is 5.75 Å². The van der Waals surface area contributed by atoms with Crippen molar-refractivity contribution in [2.45, 2.75) is 13.3 Å². The van der Waals surface area contributed by atoms with Gasteiger partial charge in [-0.05, 0) is 30.7 Å². The summed E-state index contributed by atoms with van der Waals surface area (Å²) in [5.41, 5.74) is 1.57. The predicted octanol–water partition coefficient (Wildman–Crippen LogP) is 2.75. The molecule has 128 valence electrons. The van der Waals surface area contributed by atoms with E-state index in [1.807, 2.05) is 25.1 Å². The first-order valence-corrected chi connectivity index (χ1v) is 9.34. The molecular weight excluding hydrogens is 330 g/mol. The molecule has 0 atom stereocenters. The SMILES string of the molecule is CCCS(=O)(=O)Nc1ccc(Nc2ccc3c(c2)OCCO3)cn1. The highest BCUT2D eigenvalue weighted by Gasteiger charge is 2.12. The summed E-state index contributed by atoms with van der Waals surface area (Å²) >= 11 is 0. The standard InChI is InChI=1S/C16H19N3O4S/c1-2-9-24(20,21)19-16-6-4-13(11-17-16)18-12-3-5-14-15(10-12)23-8-7-22-14/h3-6,10-11,18H,2,7-9H2,1H3,(H,17,19). The van der Waals surface area contributed by atoms with Crippen LogP contribution in [0.3, 0.4) is 0 Å². The van der Waals surface area contributed by atoms with Crippen molar-refractivity contribution in [2.75, 3.05) is 29.0 Å². The zero-order chi connectivity index (χ0) is 17.0. The fourth-order valence-corrected chi connectivity index (χ4v) is 3.37. The maximum Gasteiger partial charge on any atom is 0.233 e. The molecule has 0 radical (unpaired) electrons. The van der Waals surface area contributed by atoms with Gasteiger partial charge in [0.05, 0.1) is 17.6 Å². The Hall–Kier alpha value is -2.48. The van der Waals surface area contributed by atoms with Gasteiger partial charge in [-0.3, -0.25) is 4.72 Å². The van der Waals surface area contributed by atoms with E-state index in [9.17, 15) is 8.42 Å². The van der Waals surface area contributed by atoms with E-state index in [2.05, 4.69) is 15.0 Å². The van der Waals surface area contributed by atoms with Gasteiger partial charge in [0.15, 0.2) is 11.5 Å². The summed E-state index contributed by atoms with van der Waals surface area (Å²) in [5, 5.41) is 3.19. The molecule has 0 aliphatic carbocycles. The summed E-state index contributed by atoms with van der Waals surface area (Å²) in [7, 11) is -3.33. The van der Waals surface area contributed by atoms with Crippen LogP contribution in [0.25, 0.3) is 0 Å². The predicted molar refractivity (Wildman–Crippen MR) is 92.7 cm³/mol. The highest BCUT2D eigenvalue weighted by molar-refractivity contribution is 7.92. The molecule has 0 bridgehead atoms. The monoisotopic (exact) mass is 349 g/mol. The van der Waals surface area contributed by atoms with Gasteiger partial charge in [-0.25, -0.2) is 13.4 Å². The summed E-state index contributed by atoms with van der Waals surface area (Å²) in [6, 6.07) is 8.95. The lowest BCUT2D eigenvalue weighted by molar-refractivity contribution is 0.171. The van der Waals surface area contributed by atoms with Gasteiger partial charge in [-0.1, -0.05) is 6.92 Å². The van der Waals surface area contributed by atoms with Gasteiger partial charge in [0.1, 0.15) is 19.0 Å². The van der Waals surface area contributed by atoms with Crippen molar-refractivity contribution in [1.82, 2.24) is 4.98 Å². The lowest BCUT2D eigenvalue weighted by Gasteiger charge is -2.19. The van der Waals surface area contributed by atoms with E-state index in [1.54, 1.807) is 18.3 Å². The third kappa shape index (κ3) is 4.08. The minimum atomic E-state index is -3.33. The van der Waals surface area contributed by atoms with Crippen LogP contribution in [0.1, 0.15) is 13.3 Å². The number of nitrogens with zero attached hydrogens (tertiary/aromatic N) is 1. The molecule has 2 N–H and O–H groups in total. The molecule has 3 rings (SSSR count). The maximum absolute atomic E-state index is 11.7. The molecule has 0 fully saturated rings. The maximum atomic E-state index is 11.7. The molecule has 0 saturated heterocycles. The Bertz CT molecular complexity index is 807. The molecule has 1 aliphatic heterocycles. The first-order chi connectivity index (χ1) is 11.6. The zero-order valence-corrected chi connectivity index (χ0v) is 14.1. The number of sulfonamides is 1. The Labute approximate surface area is 141 Å². The Morgan fingerprint density at radius 3 is 2.54 bits per heavy atom. The number of hydrogen-bond donors (Lipinski definition) is 2. The molecule has 0 unspecified atom stereocenters. The van der Waals surface area contributed by atoms with Gasteiger partial charge in [-0.2, -0.15) is 0 Å². The third-order valence-corrected chi connectivity index (χ3v) is 4.79. The van der Waals surface area contributed by atoms with Crippen molar-refractivity contribution in [3.63, 3.8) is 0 Å². The number of anilines is 3. The smallest absolute Gasteiger partial charge is 0.233 e. The molecule has 7 nitrogen and oxygen atoms in total. The summed E-state index contributed by atoms with van der Waals surface area (Å²) in [6.07, 6.45) is 2.12. The van der Waals surface area contributed by atoms with Crippen molar-refractivity contribution in [3.05, 3.63) is 36.5 Å². The van der Waals surface area contributed by atoms with Crippen molar-refractivity contribution in [1.29, 1.82) is 0 Å². The molecule has 8 heteroatoms. The molecule has 2 aromatic rings. The van der Waals surface area contributed by atoms with Crippen LogP contribution in [-0.4, -0.2) is 32.4 Å². The van der Waals surface area contributed by atoms with Crippen molar-refractivity contribution < 1.29 is 17.9 Å². The highest BCUT2D eigenvalue weighted by Crippen LogP contribution is 2.33. The minimum absolute atomic E-state index is 0.0753. The molecule has 2 heterocycles. The second kappa shape index (κ2) is 6.96. The van der Waals surface area contributed by atoms with Crippen LogP contribution in [-0.2, 0) is 10.0 Å². The number of hydrogen-bond acceptors (Lipinski definition) is 6. The van der Waals surface area contributed by atoms with E-state index in [4.69, 9.17) is 9.47 Å². The number of rotatable bonds is 6. The number of pyridine rings is 1. The summed E-state index contributed by atoms with van der Waals surface area (Å²) in [6.45, 7) is 2.90. The number of benzene rings is 1. The molecule has 0 saturated carbocycles. The van der Waals surface area contributed by atoms with Crippen LogP contribution in [0.5, 0.6) is 11.5 Å². The Morgan fingerprint density at radius 1 is 1.08 bits per heavy atom. The van der Waals surface area contributed by atoms with E-state index in [1.165, 1.54) is 0 Å². The van der Waals surface area contributed by atoms with Gasteiger partial charge >= 0.3 is 0 Å². The molecular formula is C16H19N3O4S. The molecule has 0 amide bonds. The van der Waals surface area contributed by atoms with Crippen LogP contribution in [0.15, 0.2) is 36.5 Å². The van der Waals surface area contributed by atoms with Crippen molar-refractivity contribution >= 4 is 27.2 Å².